The van der Waals surface area contributed by atoms with Gasteiger partial charge in [-0.25, -0.2) is 4.39 Å². The van der Waals surface area contributed by atoms with E-state index in [1.54, 1.807) is 0 Å². The second-order valence-electron chi connectivity index (χ2n) is 6.12. The molecular formula is C20H29FIN5. The van der Waals surface area contributed by atoms with Gasteiger partial charge in [-0.1, -0.05) is 18.2 Å². The summed E-state index contributed by atoms with van der Waals surface area (Å²) in [7, 11) is 2.04. The van der Waals surface area contributed by atoms with Crippen molar-refractivity contribution in [2.75, 3.05) is 33.2 Å². The number of rotatable bonds is 9. The Morgan fingerprint density at radius 1 is 1.15 bits per heavy atom. The van der Waals surface area contributed by atoms with E-state index in [1.807, 2.05) is 43.6 Å². The number of likely N-dealkylation sites (N-methyl/N-ethyl adjacent to an activating group) is 1. The molecule has 0 saturated heterocycles. The van der Waals surface area contributed by atoms with E-state index in [4.69, 9.17) is 0 Å². The first-order chi connectivity index (χ1) is 12.7. The molecule has 2 aromatic rings. The normalized spacial score (nSPS) is 11.2. The molecule has 0 aliphatic carbocycles. The van der Waals surface area contributed by atoms with Crippen LogP contribution < -0.4 is 10.6 Å². The fourth-order valence-corrected chi connectivity index (χ4v) is 2.51. The van der Waals surface area contributed by atoms with Crippen molar-refractivity contribution in [1.29, 1.82) is 0 Å². The molecule has 0 bridgehead atoms. The van der Waals surface area contributed by atoms with Gasteiger partial charge in [0.25, 0.3) is 0 Å². The second kappa shape index (κ2) is 13.4. The van der Waals surface area contributed by atoms with Crippen LogP contribution in [0.4, 0.5) is 4.39 Å². The molecule has 1 aromatic carbocycles. The maximum atomic E-state index is 12.9. The van der Waals surface area contributed by atoms with Crippen molar-refractivity contribution in [2.24, 2.45) is 4.99 Å². The van der Waals surface area contributed by atoms with Gasteiger partial charge in [-0.15, -0.1) is 24.0 Å². The number of nitrogens with zero attached hydrogens (tertiary/aromatic N) is 3. The van der Waals surface area contributed by atoms with E-state index in [1.165, 1.54) is 12.1 Å². The van der Waals surface area contributed by atoms with Crippen LogP contribution in [0.5, 0.6) is 0 Å². The lowest BCUT2D eigenvalue weighted by atomic mass is 10.2. The predicted molar refractivity (Wildman–Crippen MR) is 120 cm³/mol. The highest BCUT2D eigenvalue weighted by atomic mass is 127. The number of hydrogen-bond acceptors (Lipinski definition) is 3. The van der Waals surface area contributed by atoms with Crippen LogP contribution in [0.3, 0.4) is 0 Å². The van der Waals surface area contributed by atoms with Crippen molar-refractivity contribution >= 4 is 29.9 Å². The van der Waals surface area contributed by atoms with Crippen LogP contribution >= 0.6 is 24.0 Å². The van der Waals surface area contributed by atoms with Gasteiger partial charge in [0.05, 0.1) is 6.54 Å². The Hall–Kier alpha value is -1.74. The molecule has 148 valence electrons. The summed E-state index contributed by atoms with van der Waals surface area (Å²) in [4.78, 5) is 11.1. The molecule has 1 aromatic heterocycles. The zero-order chi connectivity index (χ0) is 18.6. The number of benzene rings is 1. The Labute approximate surface area is 178 Å². The lowest BCUT2D eigenvalue weighted by molar-refractivity contribution is 0.336. The number of halogens is 2. The van der Waals surface area contributed by atoms with E-state index in [2.05, 4.69) is 32.4 Å². The fourth-order valence-electron chi connectivity index (χ4n) is 2.51. The Balaban J connectivity index is 0.00000364. The van der Waals surface area contributed by atoms with E-state index < -0.39 is 0 Å². The van der Waals surface area contributed by atoms with Gasteiger partial charge >= 0.3 is 0 Å². The van der Waals surface area contributed by atoms with E-state index in [9.17, 15) is 4.39 Å². The summed E-state index contributed by atoms with van der Waals surface area (Å²) in [5.74, 6) is 0.617. The lowest BCUT2D eigenvalue weighted by Gasteiger charge is -2.16. The summed E-state index contributed by atoms with van der Waals surface area (Å²) in [6.07, 6.45) is 2.67. The molecule has 0 atom stereocenters. The SMILES string of the molecule is CCNC(=NCCN(C)Cc1ccc(F)cc1)NCCc1ccccn1.I. The van der Waals surface area contributed by atoms with Crippen LogP contribution in [0.2, 0.25) is 0 Å². The number of guanidine groups is 1. The highest BCUT2D eigenvalue weighted by molar-refractivity contribution is 14.0. The largest absolute Gasteiger partial charge is 0.357 e. The average molecular weight is 485 g/mol. The van der Waals surface area contributed by atoms with Crippen molar-refractivity contribution in [1.82, 2.24) is 20.5 Å². The molecule has 0 unspecified atom stereocenters. The van der Waals surface area contributed by atoms with Crippen LogP contribution in [-0.2, 0) is 13.0 Å². The predicted octanol–water partition coefficient (Wildman–Crippen LogP) is 3.07. The Morgan fingerprint density at radius 3 is 2.59 bits per heavy atom. The van der Waals surface area contributed by atoms with Crippen LogP contribution in [-0.4, -0.2) is 49.1 Å². The zero-order valence-corrected chi connectivity index (χ0v) is 18.3. The Morgan fingerprint density at radius 2 is 1.93 bits per heavy atom. The first-order valence-electron chi connectivity index (χ1n) is 9.02. The van der Waals surface area contributed by atoms with Crippen molar-refractivity contribution in [3.63, 3.8) is 0 Å². The van der Waals surface area contributed by atoms with Crippen molar-refractivity contribution in [2.45, 2.75) is 19.9 Å². The molecule has 1 heterocycles. The smallest absolute Gasteiger partial charge is 0.191 e. The van der Waals surface area contributed by atoms with Gasteiger partial charge in [0.2, 0.25) is 0 Å². The third kappa shape index (κ3) is 9.67. The highest BCUT2D eigenvalue weighted by Crippen LogP contribution is 2.05. The maximum Gasteiger partial charge on any atom is 0.191 e. The summed E-state index contributed by atoms with van der Waals surface area (Å²) < 4.78 is 12.9. The minimum Gasteiger partial charge on any atom is -0.357 e. The second-order valence-corrected chi connectivity index (χ2v) is 6.12. The Bertz CT molecular complexity index is 664. The molecule has 0 radical (unpaired) electrons. The van der Waals surface area contributed by atoms with Gasteiger partial charge in [-0.2, -0.15) is 0 Å². The number of pyridine rings is 1. The molecule has 0 fully saturated rings. The van der Waals surface area contributed by atoms with Crippen molar-refractivity contribution < 1.29 is 4.39 Å². The van der Waals surface area contributed by atoms with Crippen LogP contribution in [0.25, 0.3) is 0 Å². The van der Waals surface area contributed by atoms with Gasteiger partial charge in [0.15, 0.2) is 5.96 Å². The van der Waals surface area contributed by atoms with Gasteiger partial charge in [0.1, 0.15) is 5.82 Å². The molecule has 0 aliphatic heterocycles. The molecule has 7 heteroatoms. The molecule has 27 heavy (non-hydrogen) atoms. The molecule has 0 saturated carbocycles. The van der Waals surface area contributed by atoms with Gasteiger partial charge in [-0.3, -0.25) is 9.98 Å². The zero-order valence-electron chi connectivity index (χ0n) is 16.0. The third-order valence-electron chi connectivity index (χ3n) is 3.86. The Kier molecular flexibility index (Phi) is 11.6. The molecule has 0 amide bonds. The first-order valence-corrected chi connectivity index (χ1v) is 9.02. The molecule has 2 N–H and O–H groups in total. The lowest BCUT2D eigenvalue weighted by Crippen LogP contribution is -2.39. The molecular weight excluding hydrogens is 456 g/mol. The fraction of sp³-hybridized carbons (Fsp3) is 0.400. The van der Waals surface area contributed by atoms with E-state index in [-0.39, 0.29) is 29.8 Å². The molecule has 0 aliphatic rings. The average Bonchev–Trinajstić information content (AvgIpc) is 2.64. The van der Waals surface area contributed by atoms with Gasteiger partial charge < -0.3 is 15.5 Å². The summed E-state index contributed by atoms with van der Waals surface area (Å²) in [6, 6.07) is 12.6. The van der Waals surface area contributed by atoms with Crippen molar-refractivity contribution in [3.8, 4) is 0 Å². The van der Waals surface area contributed by atoms with Crippen LogP contribution in [0.1, 0.15) is 18.2 Å². The monoisotopic (exact) mass is 485 g/mol. The van der Waals surface area contributed by atoms with Gasteiger partial charge in [-0.05, 0) is 43.8 Å². The van der Waals surface area contributed by atoms with Crippen LogP contribution in [0, 0.1) is 5.82 Å². The molecule has 5 nitrogen and oxygen atoms in total. The number of nitrogens with one attached hydrogen (secondary N) is 2. The standard InChI is InChI=1S/C20H28FN5.HI/c1-3-22-20(24-13-11-19-6-4-5-12-23-19)25-14-15-26(2)16-17-7-9-18(21)10-8-17;/h4-10,12H,3,11,13-16H2,1-2H3,(H2,22,24,25);1H. The van der Waals surface area contributed by atoms with E-state index in [0.717, 1.165) is 49.8 Å². The summed E-state index contributed by atoms with van der Waals surface area (Å²) in [6.45, 7) is 5.95. The minimum absolute atomic E-state index is 0. The number of aromatic nitrogens is 1. The summed E-state index contributed by atoms with van der Waals surface area (Å²) in [5.41, 5.74) is 2.16. The third-order valence-corrected chi connectivity index (χ3v) is 3.86. The molecule has 0 spiro atoms. The van der Waals surface area contributed by atoms with Crippen molar-refractivity contribution in [3.05, 3.63) is 65.7 Å². The summed E-state index contributed by atoms with van der Waals surface area (Å²) >= 11 is 0. The topological polar surface area (TPSA) is 52.6 Å². The van der Waals surface area contributed by atoms with E-state index in [0.29, 0.717) is 6.54 Å². The first kappa shape index (κ1) is 23.3. The molecule has 2 rings (SSSR count). The number of aliphatic imine (C=N–C) groups is 1. The van der Waals surface area contributed by atoms with E-state index >= 15 is 0 Å². The van der Waals surface area contributed by atoms with Gasteiger partial charge in [0, 0.05) is 44.5 Å². The maximum absolute atomic E-state index is 12.9. The minimum atomic E-state index is -0.201. The quantitative estimate of drug-likeness (QED) is 0.326. The summed E-state index contributed by atoms with van der Waals surface area (Å²) in [5, 5.41) is 6.59. The van der Waals surface area contributed by atoms with Crippen LogP contribution in [0.15, 0.2) is 53.7 Å². The number of hydrogen-bond donors (Lipinski definition) is 2. The highest BCUT2D eigenvalue weighted by Gasteiger charge is 2.02.